The standard InChI is InChI=1S/C20H31F3N4.HI/c1-15-10-16(2)13-27(12-15)14-18-7-5-4-6-17(18)11-26-19(24-3)25-9-8-20(21,22)23;/h4-7,15-16H,8-14H2,1-3H3,(H2,24,25,26);1H. The van der Waals surface area contributed by atoms with Crippen LogP contribution in [0, 0.1) is 11.8 Å². The molecule has 0 saturated carbocycles. The Morgan fingerprint density at radius 3 is 2.29 bits per heavy atom. The molecule has 1 aromatic carbocycles. The summed E-state index contributed by atoms with van der Waals surface area (Å²) in [5.74, 6) is 1.79. The third-order valence-electron chi connectivity index (χ3n) is 4.83. The topological polar surface area (TPSA) is 39.7 Å². The number of benzene rings is 1. The van der Waals surface area contributed by atoms with Crippen LogP contribution in [-0.4, -0.2) is 43.7 Å². The number of alkyl halides is 3. The summed E-state index contributed by atoms with van der Waals surface area (Å²) in [6, 6.07) is 8.21. The van der Waals surface area contributed by atoms with E-state index >= 15 is 0 Å². The monoisotopic (exact) mass is 512 g/mol. The Bertz CT molecular complexity index is 612. The first-order valence-corrected chi connectivity index (χ1v) is 9.57. The summed E-state index contributed by atoms with van der Waals surface area (Å²) in [6.45, 7) is 8.04. The van der Waals surface area contributed by atoms with Gasteiger partial charge in [-0.05, 0) is 29.4 Å². The molecule has 1 aliphatic rings. The highest BCUT2D eigenvalue weighted by atomic mass is 127. The summed E-state index contributed by atoms with van der Waals surface area (Å²) in [5.41, 5.74) is 2.39. The molecule has 0 radical (unpaired) electrons. The van der Waals surface area contributed by atoms with Gasteiger partial charge in [-0.2, -0.15) is 13.2 Å². The summed E-state index contributed by atoms with van der Waals surface area (Å²) in [7, 11) is 1.56. The molecule has 2 rings (SSSR count). The third kappa shape index (κ3) is 8.98. The summed E-state index contributed by atoms with van der Waals surface area (Å²) < 4.78 is 36.9. The number of aliphatic imine (C=N–C) groups is 1. The fourth-order valence-corrected chi connectivity index (χ4v) is 3.77. The molecular weight excluding hydrogens is 480 g/mol. The van der Waals surface area contributed by atoms with Crippen molar-refractivity contribution in [3.8, 4) is 0 Å². The van der Waals surface area contributed by atoms with Crippen molar-refractivity contribution >= 4 is 29.9 Å². The van der Waals surface area contributed by atoms with Crippen LogP contribution in [0.15, 0.2) is 29.3 Å². The van der Waals surface area contributed by atoms with Crippen LogP contribution < -0.4 is 10.6 Å². The van der Waals surface area contributed by atoms with E-state index in [1.54, 1.807) is 7.05 Å². The van der Waals surface area contributed by atoms with Crippen LogP contribution in [0.1, 0.15) is 37.8 Å². The van der Waals surface area contributed by atoms with E-state index in [0.29, 0.717) is 24.3 Å². The van der Waals surface area contributed by atoms with Gasteiger partial charge < -0.3 is 10.6 Å². The van der Waals surface area contributed by atoms with E-state index in [0.717, 1.165) is 25.2 Å². The number of halogens is 4. The molecule has 2 atom stereocenters. The first-order chi connectivity index (χ1) is 12.8. The maximum absolute atomic E-state index is 12.3. The van der Waals surface area contributed by atoms with Crippen LogP contribution in [0.2, 0.25) is 0 Å². The van der Waals surface area contributed by atoms with Crippen molar-refractivity contribution in [2.45, 2.75) is 46.0 Å². The van der Waals surface area contributed by atoms with Crippen LogP contribution in [0.3, 0.4) is 0 Å². The number of piperidine rings is 1. The van der Waals surface area contributed by atoms with E-state index in [4.69, 9.17) is 0 Å². The number of nitrogens with one attached hydrogen (secondary N) is 2. The number of guanidine groups is 1. The number of likely N-dealkylation sites (tertiary alicyclic amines) is 1. The van der Waals surface area contributed by atoms with Gasteiger partial charge in [0, 0.05) is 39.8 Å². The molecule has 0 aliphatic carbocycles. The van der Waals surface area contributed by atoms with Crippen LogP contribution in [0.4, 0.5) is 13.2 Å². The Morgan fingerprint density at radius 2 is 1.71 bits per heavy atom. The van der Waals surface area contributed by atoms with E-state index in [2.05, 4.69) is 46.5 Å². The van der Waals surface area contributed by atoms with Crippen molar-refractivity contribution in [2.24, 2.45) is 16.8 Å². The van der Waals surface area contributed by atoms with Crippen LogP contribution >= 0.6 is 24.0 Å². The van der Waals surface area contributed by atoms with E-state index in [9.17, 15) is 13.2 Å². The fourth-order valence-electron chi connectivity index (χ4n) is 3.77. The molecule has 0 aromatic heterocycles. The highest BCUT2D eigenvalue weighted by Gasteiger charge is 2.26. The SMILES string of the molecule is CN=C(NCCC(F)(F)F)NCc1ccccc1CN1CC(C)CC(C)C1.I. The lowest BCUT2D eigenvalue weighted by Crippen LogP contribution is -2.39. The minimum atomic E-state index is -4.17. The minimum Gasteiger partial charge on any atom is -0.356 e. The van der Waals surface area contributed by atoms with E-state index < -0.39 is 12.6 Å². The van der Waals surface area contributed by atoms with Gasteiger partial charge >= 0.3 is 6.18 Å². The zero-order chi connectivity index (χ0) is 19.9. The molecule has 1 fully saturated rings. The first kappa shape index (κ1) is 25.0. The Labute approximate surface area is 183 Å². The quantitative estimate of drug-likeness (QED) is 0.337. The predicted molar refractivity (Wildman–Crippen MR) is 119 cm³/mol. The molecule has 1 aliphatic heterocycles. The second kappa shape index (κ2) is 11.8. The average molecular weight is 512 g/mol. The normalized spacial score (nSPS) is 21.1. The molecule has 0 bridgehead atoms. The van der Waals surface area contributed by atoms with Gasteiger partial charge in [0.25, 0.3) is 0 Å². The van der Waals surface area contributed by atoms with E-state index in [1.165, 1.54) is 12.0 Å². The molecule has 28 heavy (non-hydrogen) atoms. The smallest absolute Gasteiger partial charge is 0.356 e. The second-order valence-corrected chi connectivity index (χ2v) is 7.63. The molecule has 160 valence electrons. The van der Waals surface area contributed by atoms with Gasteiger partial charge in [0.2, 0.25) is 0 Å². The number of hydrogen-bond acceptors (Lipinski definition) is 2. The zero-order valence-electron chi connectivity index (χ0n) is 16.9. The van der Waals surface area contributed by atoms with Gasteiger partial charge in [-0.1, -0.05) is 38.1 Å². The highest BCUT2D eigenvalue weighted by molar-refractivity contribution is 14.0. The summed E-state index contributed by atoms with van der Waals surface area (Å²) in [6.07, 6.45) is -3.77. The van der Waals surface area contributed by atoms with Gasteiger partial charge in [-0.25, -0.2) is 0 Å². The molecule has 4 nitrogen and oxygen atoms in total. The lowest BCUT2D eigenvalue weighted by molar-refractivity contribution is -0.132. The highest BCUT2D eigenvalue weighted by Crippen LogP contribution is 2.23. The largest absolute Gasteiger partial charge is 0.390 e. The first-order valence-electron chi connectivity index (χ1n) is 9.57. The van der Waals surface area contributed by atoms with Crippen molar-refractivity contribution in [1.82, 2.24) is 15.5 Å². The lowest BCUT2D eigenvalue weighted by atomic mass is 9.91. The van der Waals surface area contributed by atoms with Gasteiger partial charge in [0.1, 0.15) is 0 Å². The molecule has 1 saturated heterocycles. The molecule has 2 N–H and O–H groups in total. The van der Waals surface area contributed by atoms with E-state index in [1.807, 2.05) is 12.1 Å². The predicted octanol–water partition coefficient (Wildman–Crippen LogP) is 4.40. The maximum atomic E-state index is 12.3. The molecule has 0 amide bonds. The summed E-state index contributed by atoms with van der Waals surface area (Å²) in [5, 5.41) is 5.84. The zero-order valence-corrected chi connectivity index (χ0v) is 19.2. The van der Waals surface area contributed by atoms with Gasteiger partial charge in [-0.3, -0.25) is 9.89 Å². The lowest BCUT2D eigenvalue weighted by Gasteiger charge is -2.35. The number of rotatable bonds is 6. The summed E-state index contributed by atoms with van der Waals surface area (Å²) in [4.78, 5) is 6.50. The Kier molecular flexibility index (Phi) is 10.6. The van der Waals surface area contributed by atoms with Gasteiger partial charge in [-0.15, -0.1) is 24.0 Å². The number of hydrogen-bond donors (Lipinski definition) is 2. The Balaban J connectivity index is 0.00000392. The van der Waals surface area contributed by atoms with Crippen molar-refractivity contribution in [2.75, 3.05) is 26.7 Å². The number of nitrogens with zero attached hydrogens (tertiary/aromatic N) is 2. The Hall–Kier alpha value is -1.03. The van der Waals surface area contributed by atoms with Crippen LogP contribution in [-0.2, 0) is 13.1 Å². The molecule has 1 heterocycles. The van der Waals surface area contributed by atoms with Crippen molar-refractivity contribution in [1.29, 1.82) is 0 Å². The molecule has 1 aromatic rings. The van der Waals surface area contributed by atoms with Crippen LogP contribution in [0.25, 0.3) is 0 Å². The van der Waals surface area contributed by atoms with Crippen molar-refractivity contribution in [3.63, 3.8) is 0 Å². The Morgan fingerprint density at radius 1 is 1.11 bits per heavy atom. The summed E-state index contributed by atoms with van der Waals surface area (Å²) >= 11 is 0. The van der Waals surface area contributed by atoms with Crippen molar-refractivity contribution < 1.29 is 13.2 Å². The third-order valence-corrected chi connectivity index (χ3v) is 4.83. The minimum absolute atomic E-state index is 0. The molecule has 2 unspecified atom stereocenters. The maximum Gasteiger partial charge on any atom is 0.390 e. The fraction of sp³-hybridized carbons (Fsp3) is 0.650. The molecule has 0 spiro atoms. The molecule has 8 heteroatoms. The van der Waals surface area contributed by atoms with Crippen molar-refractivity contribution in [3.05, 3.63) is 35.4 Å². The molecular formula is C20H32F3IN4. The van der Waals surface area contributed by atoms with Gasteiger partial charge in [0.15, 0.2) is 5.96 Å². The van der Waals surface area contributed by atoms with Crippen LogP contribution in [0.5, 0.6) is 0 Å². The average Bonchev–Trinajstić information content (AvgIpc) is 2.57. The van der Waals surface area contributed by atoms with Gasteiger partial charge in [0.05, 0.1) is 6.42 Å². The van der Waals surface area contributed by atoms with E-state index in [-0.39, 0.29) is 30.5 Å². The second-order valence-electron chi connectivity index (χ2n) is 7.63.